The van der Waals surface area contributed by atoms with Gasteiger partial charge in [0.2, 0.25) is 0 Å². The highest BCUT2D eigenvalue weighted by Crippen LogP contribution is 2.31. The van der Waals surface area contributed by atoms with Crippen LogP contribution >= 0.6 is 11.3 Å². The first-order chi connectivity index (χ1) is 13.1. The topological polar surface area (TPSA) is 85.1 Å². The van der Waals surface area contributed by atoms with Gasteiger partial charge in [-0.05, 0) is 35.4 Å². The number of hydrogen-bond donors (Lipinski definition) is 1. The zero-order valence-electron chi connectivity index (χ0n) is 14.0. The van der Waals surface area contributed by atoms with Gasteiger partial charge in [0.15, 0.2) is 5.13 Å². The minimum absolute atomic E-state index is 0.0488. The highest BCUT2D eigenvalue weighted by atomic mass is 32.1. The molecule has 0 bridgehead atoms. The molecule has 4 aromatic rings. The van der Waals surface area contributed by atoms with Gasteiger partial charge in [0, 0.05) is 17.7 Å². The summed E-state index contributed by atoms with van der Waals surface area (Å²) in [4.78, 5) is 27.3. The van der Waals surface area contributed by atoms with Crippen molar-refractivity contribution in [1.29, 1.82) is 0 Å². The Hall–Kier alpha value is -3.58. The lowest BCUT2D eigenvalue weighted by molar-refractivity contribution is -0.384. The summed E-state index contributed by atoms with van der Waals surface area (Å²) in [5.74, 6) is -0.214. The van der Waals surface area contributed by atoms with E-state index in [1.165, 1.54) is 17.4 Å². The predicted molar refractivity (Wildman–Crippen MR) is 106 cm³/mol. The van der Waals surface area contributed by atoms with Crippen LogP contribution in [0.4, 0.5) is 10.8 Å². The lowest BCUT2D eigenvalue weighted by Crippen LogP contribution is -2.11. The highest BCUT2D eigenvalue weighted by Gasteiger charge is 2.12. The molecule has 0 atom stereocenters. The van der Waals surface area contributed by atoms with Crippen LogP contribution in [0.2, 0.25) is 0 Å². The van der Waals surface area contributed by atoms with E-state index in [-0.39, 0.29) is 11.6 Å². The molecule has 0 aliphatic rings. The van der Waals surface area contributed by atoms with Crippen LogP contribution in [0.15, 0.2) is 72.8 Å². The van der Waals surface area contributed by atoms with E-state index in [4.69, 9.17) is 0 Å². The standard InChI is InChI=1S/C20H13N3O3S/c24-19(13-5-2-1-3-6-13)22-20-21-17-10-9-15(12-18(17)27-20)14-7-4-8-16(11-14)23(25)26/h1-12H,(H,21,22,24). The Morgan fingerprint density at radius 1 is 0.963 bits per heavy atom. The number of anilines is 1. The Labute approximate surface area is 158 Å². The molecule has 1 heterocycles. The molecule has 27 heavy (non-hydrogen) atoms. The molecule has 132 valence electrons. The molecule has 7 heteroatoms. The summed E-state index contributed by atoms with van der Waals surface area (Å²) in [7, 11) is 0. The minimum Gasteiger partial charge on any atom is -0.298 e. The van der Waals surface area contributed by atoms with E-state index in [0.717, 1.165) is 21.3 Å². The summed E-state index contributed by atoms with van der Waals surface area (Å²) < 4.78 is 0.891. The van der Waals surface area contributed by atoms with E-state index in [9.17, 15) is 14.9 Å². The number of thiazole rings is 1. The van der Waals surface area contributed by atoms with Crippen LogP contribution in [-0.2, 0) is 0 Å². The second-order valence-electron chi connectivity index (χ2n) is 5.83. The van der Waals surface area contributed by atoms with Gasteiger partial charge in [0.05, 0.1) is 15.1 Å². The number of benzene rings is 3. The second-order valence-corrected chi connectivity index (χ2v) is 6.86. The molecule has 4 rings (SSSR count). The quantitative estimate of drug-likeness (QED) is 0.396. The van der Waals surface area contributed by atoms with E-state index in [2.05, 4.69) is 10.3 Å². The predicted octanol–water partition coefficient (Wildman–Crippen LogP) is 5.12. The average molecular weight is 375 g/mol. The maximum absolute atomic E-state index is 12.3. The molecule has 0 radical (unpaired) electrons. The highest BCUT2D eigenvalue weighted by molar-refractivity contribution is 7.22. The van der Waals surface area contributed by atoms with Gasteiger partial charge < -0.3 is 0 Å². The molecule has 0 saturated heterocycles. The van der Waals surface area contributed by atoms with Crippen LogP contribution in [0.5, 0.6) is 0 Å². The number of aromatic nitrogens is 1. The monoisotopic (exact) mass is 375 g/mol. The van der Waals surface area contributed by atoms with Crippen molar-refractivity contribution < 1.29 is 9.72 Å². The number of non-ortho nitro benzene ring substituents is 1. The van der Waals surface area contributed by atoms with E-state index < -0.39 is 4.92 Å². The third-order valence-electron chi connectivity index (χ3n) is 4.04. The number of hydrogen-bond acceptors (Lipinski definition) is 5. The van der Waals surface area contributed by atoms with Crippen molar-refractivity contribution in [3.63, 3.8) is 0 Å². The maximum atomic E-state index is 12.3. The molecule has 1 amide bonds. The molecule has 0 aliphatic carbocycles. The van der Waals surface area contributed by atoms with Gasteiger partial charge >= 0.3 is 0 Å². The number of amides is 1. The number of nitro groups is 1. The first kappa shape index (κ1) is 16.9. The Kier molecular flexibility index (Phi) is 4.35. The summed E-state index contributed by atoms with van der Waals surface area (Å²) >= 11 is 1.36. The molecule has 1 aromatic heterocycles. The van der Waals surface area contributed by atoms with Crippen molar-refractivity contribution in [3.8, 4) is 11.1 Å². The van der Waals surface area contributed by atoms with Crippen molar-refractivity contribution >= 4 is 38.3 Å². The smallest absolute Gasteiger partial charge is 0.270 e. The third-order valence-corrected chi connectivity index (χ3v) is 4.97. The minimum atomic E-state index is -0.411. The van der Waals surface area contributed by atoms with Crippen LogP contribution in [0, 0.1) is 10.1 Å². The van der Waals surface area contributed by atoms with Crippen LogP contribution < -0.4 is 5.32 Å². The van der Waals surface area contributed by atoms with Gasteiger partial charge in [-0.25, -0.2) is 4.98 Å². The molecule has 0 aliphatic heterocycles. The molecule has 0 fully saturated rings. The lowest BCUT2D eigenvalue weighted by Gasteiger charge is -2.01. The zero-order chi connectivity index (χ0) is 18.8. The van der Waals surface area contributed by atoms with E-state index in [0.29, 0.717) is 10.7 Å². The molecule has 3 aromatic carbocycles. The second kappa shape index (κ2) is 6.97. The molecule has 0 spiro atoms. The van der Waals surface area contributed by atoms with Crippen molar-refractivity contribution in [2.75, 3.05) is 5.32 Å². The van der Waals surface area contributed by atoms with Crippen molar-refractivity contribution in [2.24, 2.45) is 0 Å². The van der Waals surface area contributed by atoms with Gasteiger partial charge in [-0.15, -0.1) is 0 Å². The molecular weight excluding hydrogens is 362 g/mol. The SMILES string of the molecule is O=C(Nc1nc2ccc(-c3cccc([N+](=O)[O-])c3)cc2s1)c1ccccc1. The van der Waals surface area contributed by atoms with Crippen LogP contribution in [-0.4, -0.2) is 15.8 Å². The Morgan fingerprint density at radius 2 is 1.74 bits per heavy atom. The Balaban J connectivity index is 1.63. The molecule has 0 unspecified atom stereocenters. The summed E-state index contributed by atoms with van der Waals surface area (Å²) in [5, 5.41) is 14.3. The van der Waals surface area contributed by atoms with Crippen molar-refractivity contribution in [1.82, 2.24) is 4.98 Å². The molecular formula is C20H13N3O3S. The lowest BCUT2D eigenvalue weighted by atomic mass is 10.1. The Bertz CT molecular complexity index is 1160. The largest absolute Gasteiger partial charge is 0.298 e. The number of nitro benzene ring substituents is 1. The van der Waals surface area contributed by atoms with E-state index in [1.54, 1.807) is 36.4 Å². The van der Waals surface area contributed by atoms with E-state index in [1.807, 2.05) is 30.3 Å². The molecule has 6 nitrogen and oxygen atoms in total. The fraction of sp³-hybridized carbons (Fsp3) is 0. The fourth-order valence-corrected chi connectivity index (χ4v) is 3.62. The van der Waals surface area contributed by atoms with Gasteiger partial charge in [-0.1, -0.05) is 47.7 Å². The van der Waals surface area contributed by atoms with Gasteiger partial charge in [-0.2, -0.15) is 0 Å². The normalized spacial score (nSPS) is 10.7. The number of fused-ring (bicyclic) bond motifs is 1. The number of carbonyl (C=O) groups excluding carboxylic acids is 1. The van der Waals surface area contributed by atoms with E-state index >= 15 is 0 Å². The first-order valence-electron chi connectivity index (χ1n) is 8.12. The van der Waals surface area contributed by atoms with Crippen LogP contribution in [0.1, 0.15) is 10.4 Å². The fourth-order valence-electron chi connectivity index (χ4n) is 2.72. The maximum Gasteiger partial charge on any atom is 0.270 e. The van der Waals surface area contributed by atoms with Crippen LogP contribution in [0.25, 0.3) is 21.3 Å². The number of rotatable bonds is 4. The van der Waals surface area contributed by atoms with Crippen molar-refractivity contribution in [2.45, 2.75) is 0 Å². The zero-order valence-corrected chi connectivity index (χ0v) is 14.8. The van der Waals surface area contributed by atoms with Gasteiger partial charge in [0.1, 0.15) is 0 Å². The third kappa shape index (κ3) is 3.54. The van der Waals surface area contributed by atoms with Gasteiger partial charge in [0.25, 0.3) is 11.6 Å². The summed E-state index contributed by atoms with van der Waals surface area (Å²) in [5.41, 5.74) is 2.99. The Morgan fingerprint density at radius 3 is 2.52 bits per heavy atom. The average Bonchev–Trinajstić information content (AvgIpc) is 3.10. The summed E-state index contributed by atoms with van der Waals surface area (Å²) in [6.07, 6.45) is 0. The summed E-state index contributed by atoms with van der Waals surface area (Å²) in [6, 6.07) is 21.1. The molecule has 1 N–H and O–H groups in total. The first-order valence-corrected chi connectivity index (χ1v) is 8.93. The van der Waals surface area contributed by atoms with Crippen LogP contribution in [0.3, 0.4) is 0 Å². The summed E-state index contributed by atoms with van der Waals surface area (Å²) in [6.45, 7) is 0. The van der Waals surface area contributed by atoms with Gasteiger partial charge in [-0.3, -0.25) is 20.2 Å². The number of nitrogens with zero attached hydrogens (tertiary/aromatic N) is 2. The number of carbonyl (C=O) groups is 1. The van der Waals surface area contributed by atoms with Crippen molar-refractivity contribution in [3.05, 3.63) is 88.5 Å². The molecule has 0 saturated carbocycles. The number of nitrogens with one attached hydrogen (secondary N) is 1.